The van der Waals surface area contributed by atoms with Gasteiger partial charge in [-0.05, 0) is 47.2 Å². The van der Waals surface area contributed by atoms with E-state index in [9.17, 15) is 13.2 Å². The maximum absolute atomic E-state index is 13.0. The molecule has 3 N–H and O–H groups in total. The molecule has 1 unspecified atom stereocenters. The van der Waals surface area contributed by atoms with E-state index in [2.05, 4.69) is 40.8 Å². The van der Waals surface area contributed by atoms with Gasteiger partial charge >= 0.3 is 5.97 Å². The Kier molecular flexibility index (Phi) is 9.14. The molecule has 0 bridgehead atoms. The fourth-order valence-corrected chi connectivity index (χ4v) is 4.43. The molecule has 0 fully saturated rings. The lowest BCUT2D eigenvalue weighted by atomic mass is 9.86. The Morgan fingerprint density at radius 3 is 2.35 bits per heavy atom. The molecule has 0 saturated heterocycles. The van der Waals surface area contributed by atoms with E-state index in [-0.39, 0.29) is 29.3 Å². The van der Waals surface area contributed by atoms with Crippen LogP contribution >= 0.6 is 12.4 Å². The van der Waals surface area contributed by atoms with Crippen molar-refractivity contribution in [2.75, 3.05) is 11.9 Å². The largest absolute Gasteiger partial charge is 0.480 e. The van der Waals surface area contributed by atoms with Gasteiger partial charge in [-0.2, -0.15) is 0 Å². The first-order chi connectivity index (χ1) is 15.5. The highest BCUT2D eigenvalue weighted by atomic mass is 35.5. The molecule has 34 heavy (non-hydrogen) atoms. The number of anilines is 1. The maximum atomic E-state index is 13.0. The van der Waals surface area contributed by atoms with E-state index in [1.807, 2.05) is 24.3 Å². The summed E-state index contributed by atoms with van der Waals surface area (Å²) in [6.45, 7) is 6.10. The quantitative estimate of drug-likeness (QED) is 0.403. The molecule has 10 heteroatoms. The second-order valence-corrected chi connectivity index (χ2v) is 10.4. The first-order valence-corrected chi connectivity index (χ1v) is 12.0. The number of hydrogen-bond acceptors (Lipinski definition) is 6. The summed E-state index contributed by atoms with van der Waals surface area (Å²) in [4.78, 5) is 19.3. The number of aliphatic carboxylic acids is 1. The number of hydrogen-bond donors (Lipinski definition) is 3. The summed E-state index contributed by atoms with van der Waals surface area (Å²) < 4.78 is 28.8. The van der Waals surface area contributed by atoms with Crippen LogP contribution < -0.4 is 10.0 Å². The van der Waals surface area contributed by atoms with Gasteiger partial charge in [-0.3, -0.25) is 9.78 Å². The standard InChI is InChI=1S/C24H28N4O4S.ClH/c1-24(2,3)18-11-9-17(10-12-18)14-21(28-33(31,32)19-6-5-13-25-15-19)20-7-4-8-22(27-20)26-16-23(29)30;/h4-13,15,21,28H,14,16H2,1-3H3,(H,26,27)(H,29,30);1H. The highest BCUT2D eigenvalue weighted by Gasteiger charge is 2.24. The van der Waals surface area contributed by atoms with E-state index in [4.69, 9.17) is 5.11 Å². The minimum absolute atomic E-state index is 0. The number of nitrogens with zero attached hydrogens (tertiary/aromatic N) is 2. The Morgan fingerprint density at radius 2 is 1.76 bits per heavy atom. The lowest BCUT2D eigenvalue weighted by Crippen LogP contribution is -2.31. The first-order valence-electron chi connectivity index (χ1n) is 10.5. The summed E-state index contributed by atoms with van der Waals surface area (Å²) >= 11 is 0. The highest BCUT2D eigenvalue weighted by Crippen LogP contribution is 2.25. The van der Waals surface area contributed by atoms with Gasteiger partial charge in [-0.15, -0.1) is 12.4 Å². The number of aromatic nitrogens is 2. The number of carbonyl (C=O) groups is 1. The Labute approximate surface area is 206 Å². The smallest absolute Gasteiger partial charge is 0.322 e. The fraction of sp³-hybridized carbons (Fsp3) is 0.292. The lowest BCUT2D eigenvalue weighted by molar-refractivity contribution is -0.134. The molecule has 1 aromatic carbocycles. The van der Waals surface area contributed by atoms with E-state index in [0.717, 1.165) is 5.56 Å². The van der Waals surface area contributed by atoms with Crippen molar-refractivity contribution < 1.29 is 18.3 Å². The van der Waals surface area contributed by atoms with Crippen LogP contribution in [-0.2, 0) is 26.7 Å². The zero-order chi connectivity index (χ0) is 24.1. The SMILES string of the molecule is CC(C)(C)c1ccc(CC(NS(=O)(=O)c2cccnc2)c2cccc(NCC(=O)O)n2)cc1.Cl. The number of carboxylic acid groups (broad SMARTS) is 1. The Hall–Kier alpha value is -3.01. The van der Waals surface area contributed by atoms with Crippen LogP contribution in [0.4, 0.5) is 5.82 Å². The van der Waals surface area contributed by atoms with Crippen molar-refractivity contribution in [1.29, 1.82) is 0 Å². The van der Waals surface area contributed by atoms with Crippen LogP contribution in [0.5, 0.6) is 0 Å². The van der Waals surface area contributed by atoms with Crippen LogP contribution in [0.15, 0.2) is 71.9 Å². The van der Waals surface area contributed by atoms with E-state index >= 15 is 0 Å². The van der Waals surface area contributed by atoms with Crippen LogP contribution in [0.3, 0.4) is 0 Å². The summed E-state index contributed by atoms with van der Waals surface area (Å²) in [6.07, 6.45) is 3.15. The lowest BCUT2D eigenvalue weighted by Gasteiger charge is -2.21. The molecule has 2 aromatic heterocycles. The van der Waals surface area contributed by atoms with Gasteiger partial charge in [0.25, 0.3) is 0 Å². The fourth-order valence-electron chi connectivity index (χ4n) is 3.25. The van der Waals surface area contributed by atoms with E-state index < -0.39 is 22.0 Å². The third-order valence-electron chi connectivity index (χ3n) is 5.05. The van der Waals surface area contributed by atoms with Gasteiger partial charge in [0.1, 0.15) is 17.3 Å². The summed E-state index contributed by atoms with van der Waals surface area (Å²) in [6, 6.07) is 15.5. The maximum Gasteiger partial charge on any atom is 0.322 e. The molecule has 0 aliphatic heterocycles. The molecule has 2 heterocycles. The molecule has 3 aromatic rings. The van der Waals surface area contributed by atoms with Gasteiger partial charge in [0.15, 0.2) is 0 Å². The second kappa shape index (κ2) is 11.4. The highest BCUT2D eigenvalue weighted by molar-refractivity contribution is 7.89. The van der Waals surface area contributed by atoms with E-state index in [0.29, 0.717) is 17.9 Å². The second-order valence-electron chi connectivity index (χ2n) is 8.71. The van der Waals surface area contributed by atoms with Crippen molar-refractivity contribution >= 4 is 34.2 Å². The number of benzene rings is 1. The average Bonchev–Trinajstić information content (AvgIpc) is 2.78. The number of pyridine rings is 2. The Balaban J connectivity index is 0.00000408. The minimum Gasteiger partial charge on any atom is -0.480 e. The number of rotatable bonds is 9. The summed E-state index contributed by atoms with van der Waals surface area (Å²) in [7, 11) is -3.86. The van der Waals surface area contributed by atoms with Gasteiger partial charge in [-0.1, -0.05) is 51.1 Å². The third-order valence-corrected chi connectivity index (χ3v) is 6.51. The summed E-state index contributed by atoms with van der Waals surface area (Å²) in [5.74, 6) is -0.668. The van der Waals surface area contributed by atoms with Gasteiger partial charge < -0.3 is 10.4 Å². The molecule has 0 aliphatic carbocycles. The number of sulfonamides is 1. The van der Waals surface area contributed by atoms with Crippen molar-refractivity contribution in [3.8, 4) is 0 Å². The normalized spacial score (nSPS) is 12.4. The minimum atomic E-state index is -3.86. The molecule has 0 radical (unpaired) electrons. The number of carboxylic acids is 1. The third kappa shape index (κ3) is 7.51. The van der Waals surface area contributed by atoms with Crippen LogP contribution in [0.2, 0.25) is 0 Å². The van der Waals surface area contributed by atoms with Crippen molar-refractivity contribution in [3.63, 3.8) is 0 Å². The van der Waals surface area contributed by atoms with Crippen molar-refractivity contribution in [2.24, 2.45) is 0 Å². The van der Waals surface area contributed by atoms with Gasteiger partial charge in [0.2, 0.25) is 10.0 Å². The number of nitrogens with one attached hydrogen (secondary N) is 2. The van der Waals surface area contributed by atoms with Crippen LogP contribution in [0.1, 0.15) is 43.6 Å². The van der Waals surface area contributed by atoms with Gasteiger partial charge in [0.05, 0.1) is 11.7 Å². The molecule has 0 aliphatic rings. The predicted octanol–water partition coefficient (Wildman–Crippen LogP) is 3.95. The molecule has 0 saturated carbocycles. The van der Waals surface area contributed by atoms with Crippen molar-refractivity contribution in [3.05, 3.63) is 83.8 Å². The summed E-state index contributed by atoms with van der Waals surface area (Å²) in [5.41, 5.74) is 2.59. The van der Waals surface area contributed by atoms with Gasteiger partial charge in [-0.25, -0.2) is 18.1 Å². The van der Waals surface area contributed by atoms with Gasteiger partial charge in [0, 0.05) is 12.4 Å². The monoisotopic (exact) mass is 504 g/mol. The molecule has 3 rings (SSSR count). The zero-order valence-corrected chi connectivity index (χ0v) is 20.9. The molecule has 8 nitrogen and oxygen atoms in total. The molecular weight excluding hydrogens is 476 g/mol. The van der Waals surface area contributed by atoms with Crippen LogP contribution in [0, 0.1) is 0 Å². The first kappa shape index (κ1) is 27.2. The number of halogens is 1. The van der Waals surface area contributed by atoms with Crippen LogP contribution in [0.25, 0.3) is 0 Å². The summed E-state index contributed by atoms with van der Waals surface area (Å²) in [5, 5.41) is 11.6. The molecule has 0 amide bonds. The average molecular weight is 505 g/mol. The Morgan fingerprint density at radius 1 is 1.06 bits per heavy atom. The van der Waals surface area contributed by atoms with Crippen molar-refractivity contribution in [2.45, 2.75) is 43.5 Å². The zero-order valence-electron chi connectivity index (χ0n) is 19.2. The Bertz CT molecular complexity index is 1200. The van der Waals surface area contributed by atoms with E-state index in [1.165, 1.54) is 24.0 Å². The molecule has 1 atom stereocenters. The topological polar surface area (TPSA) is 121 Å². The van der Waals surface area contributed by atoms with E-state index in [1.54, 1.807) is 24.3 Å². The molecule has 0 spiro atoms. The molecule has 182 valence electrons. The van der Waals surface area contributed by atoms with Crippen LogP contribution in [-0.4, -0.2) is 36.0 Å². The van der Waals surface area contributed by atoms with Crippen molar-refractivity contribution in [1.82, 2.24) is 14.7 Å². The molecular formula is C24H29ClN4O4S. The predicted molar refractivity (Wildman–Crippen MR) is 134 cm³/mol.